The number of carbonyl (C=O) groups is 2. The number of carbonyl (C=O) groups excluding carboxylic acids is 2. The highest BCUT2D eigenvalue weighted by Crippen LogP contribution is 2.32. The number of allylic oxidation sites excluding steroid dienone is 6. The van der Waals surface area contributed by atoms with Crippen molar-refractivity contribution in [2.45, 2.75) is 77.4 Å². The zero-order valence-corrected chi connectivity index (χ0v) is 25.3. The Morgan fingerprint density at radius 1 is 1.16 bits per heavy atom. The van der Waals surface area contributed by atoms with Gasteiger partial charge in [-0.3, -0.25) is 14.6 Å². The van der Waals surface area contributed by atoms with Crippen molar-refractivity contribution in [1.29, 1.82) is 0 Å². The van der Waals surface area contributed by atoms with Gasteiger partial charge in [0, 0.05) is 37.7 Å². The van der Waals surface area contributed by atoms with Crippen molar-refractivity contribution >= 4 is 18.0 Å². The lowest BCUT2D eigenvalue weighted by atomic mass is 9.85. The highest BCUT2D eigenvalue weighted by atomic mass is 19.4. The van der Waals surface area contributed by atoms with Gasteiger partial charge in [0.25, 0.3) is 5.91 Å². The summed E-state index contributed by atoms with van der Waals surface area (Å²) >= 11 is 0. The van der Waals surface area contributed by atoms with E-state index in [1.165, 1.54) is 30.0 Å². The molecule has 3 rings (SSSR count). The predicted octanol–water partition coefficient (Wildman–Crippen LogP) is 7.77. The Morgan fingerprint density at radius 2 is 1.91 bits per heavy atom. The minimum atomic E-state index is -4.43. The van der Waals surface area contributed by atoms with Gasteiger partial charge in [-0.1, -0.05) is 86.6 Å². The zero-order chi connectivity index (χ0) is 31.4. The van der Waals surface area contributed by atoms with Crippen LogP contribution >= 0.6 is 0 Å². The Bertz CT molecular complexity index is 1270. The molecular formula is C35H44F3N3O2. The van der Waals surface area contributed by atoms with Crippen molar-refractivity contribution in [2.75, 3.05) is 13.1 Å². The molecule has 2 aliphatic rings. The number of halogens is 3. The number of alkyl halides is 3. The summed E-state index contributed by atoms with van der Waals surface area (Å²) in [5.41, 5.74) is 2.07. The molecule has 43 heavy (non-hydrogen) atoms. The lowest BCUT2D eigenvalue weighted by Gasteiger charge is -2.40. The van der Waals surface area contributed by atoms with E-state index >= 15 is 0 Å². The van der Waals surface area contributed by atoms with Crippen molar-refractivity contribution in [3.8, 4) is 0 Å². The molecule has 1 N–H and O–H groups in total. The summed E-state index contributed by atoms with van der Waals surface area (Å²) in [6.45, 7) is 12.8. The number of amides is 2. The second kappa shape index (κ2) is 16.2. The molecule has 2 unspecified atom stereocenters. The van der Waals surface area contributed by atoms with Crippen LogP contribution in [0.5, 0.6) is 0 Å². The monoisotopic (exact) mass is 595 g/mol. The second-order valence-electron chi connectivity index (χ2n) is 11.3. The molecule has 1 saturated heterocycles. The summed E-state index contributed by atoms with van der Waals surface area (Å²) in [7, 11) is 0. The number of nitrogens with one attached hydrogen (secondary N) is 1. The van der Waals surface area contributed by atoms with Gasteiger partial charge in [0.05, 0.1) is 5.56 Å². The summed E-state index contributed by atoms with van der Waals surface area (Å²) in [4.78, 5) is 33.0. The van der Waals surface area contributed by atoms with Gasteiger partial charge in [-0.25, -0.2) is 0 Å². The van der Waals surface area contributed by atoms with Crippen LogP contribution in [0.2, 0.25) is 0 Å². The highest BCUT2D eigenvalue weighted by Gasteiger charge is 2.36. The molecule has 1 aliphatic heterocycles. The van der Waals surface area contributed by atoms with Gasteiger partial charge in [0.15, 0.2) is 0 Å². The smallest absolute Gasteiger partial charge is 0.346 e. The van der Waals surface area contributed by atoms with Gasteiger partial charge in [-0.2, -0.15) is 13.2 Å². The molecule has 0 bridgehead atoms. The normalized spacial score (nSPS) is 20.6. The van der Waals surface area contributed by atoms with Gasteiger partial charge in [-0.05, 0) is 62.7 Å². The fourth-order valence-corrected chi connectivity index (χ4v) is 5.76. The first-order valence-corrected chi connectivity index (χ1v) is 15.2. The van der Waals surface area contributed by atoms with Crippen LogP contribution in [0.3, 0.4) is 0 Å². The number of aliphatic imine (C=N–C) groups is 1. The highest BCUT2D eigenvalue weighted by molar-refractivity contribution is 5.95. The van der Waals surface area contributed by atoms with Crippen LogP contribution in [0.15, 0.2) is 89.6 Å². The van der Waals surface area contributed by atoms with Gasteiger partial charge < -0.3 is 10.2 Å². The first-order chi connectivity index (χ1) is 20.5. The molecule has 232 valence electrons. The molecule has 2 amide bonds. The minimum Gasteiger partial charge on any atom is -0.346 e. The number of piperidine rings is 1. The maximum absolute atomic E-state index is 13.5. The molecule has 1 heterocycles. The molecule has 2 atom stereocenters. The molecule has 0 aromatic heterocycles. The van der Waals surface area contributed by atoms with E-state index in [9.17, 15) is 22.8 Å². The van der Waals surface area contributed by atoms with Crippen LogP contribution in [0.25, 0.3) is 0 Å². The standard InChI is InChI=1S/C35H44F3N3O2/c1-5-12-32(39-20-19-26-14-11-18-30(21-26)35(36,37)38)33(42)40-31-22-29(27(7-3)17-10-13-25(4)6-2)23-41(24-31)34(43)28-15-8-9-16-28/h5,7,10-14,18,20-21,28-29,31H,1,4,6,8-9,15-17,19,22-24H2,2-3H3,(H,40,42)/b13-10-,27-7+,32-12-,39-20?. The molecule has 2 fully saturated rings. The lowest BCUT2D eigenvalue weighted by Crippen LogP contribution is -2.54. The van der Waals surface area contributed by atoms with E-state index < -0.39 is 17.6 Å². The summed E-state index contributed by atoms with van der Waals surface area (Å²) in [6, 6.07) is 4.75. The van der Waals surface area contributed by atoms with E-state index in [4.69, 9.17) is 0 Å². The fraction of sp³-hybridized carbons (Fsp3) is 0.457. The van der Waals surface area contributed by atoms with Gasteiger partial charge in [-0.15, -0.1) is 0 Å². The molecule has 8 heteroatoms. The summed E-state index contributed by atoms with van der Waals surface area (Å²) < 4.78 is 39.2. The van der Waals surface area contributed by atoms with Gasteiger partial charge >= 0.3 is 6.18 Å². The number of benzene rings is 1. The lowest BCUT2D eigenvalue weighted by molar-refractivity contribution is -0.138. The van der Waals surface area contributed by atoms with Crippen LogP contribution in [0, 0.1) is 11.8 Å². The molecule has 1 aromatic rings. The number of hydrogen-bond acceptors (Lipinski definition) is 3. The maximum atomic E-state index is 13.5. The third-order valence-electron chi connectivity index (χ3n) is 8.18. The SMILES string of the molecule is C=C/C=C(\N=CCc1cccc(C(F)(F)F)c1)C(=O)NC1CC(/C(=C/C)C/C=C\C(=C)CC)CN(C(=O)C2CCCC2)C1. The van der Waals surface area contributed by atoms with E-state index in [0.717, 1.165) is 56.2 Å². The average molecular weight is 596 g/mol. The molecular weight excluding hydrogens is 551 g/mol. The zero-order valence-electron chi connectivity index (χ0n) is 25.3. The molecule has 1 aliphatic carbocycles. The van der Waals surface area contributed by atoms with Crippen LogP contribution in [0.1, 0.15) is 69.9 Å². The van der Waals surface area contributed by atoms with Crippen molar-refractivity contribution in [3.63, 3.8) is 0 Å². The Kier molecular flexibility index (Phi) is 12.8. The molecule has 0 radical (unpaired) electrons. The molecule has 1 aromatic carbocycles. The first-order valence-electron chi connectivity index (χ1n) is 15.2. The van der Waals surface area contributed by atoms with E-state index in [1.807, 2.05) is 17.9 Å². The van der Waals surface area contributed by atoms with Crippen LogP contribution in [-0.4, -0.2) is 42.1 Å². The summed E-state index contributed by atoms with van der Waals surface area (Å²) in [6.07, 6.45) is 12.5. The van der Waals surface area contributed by atoms with Crippen molar-refractivity contribution < 1.29 is 22.8 Å². The van der Waals surface area contributed by atoms with Crippen molar-refractivity contribution in [1.82, 2.24) is 10.2 Å². The second-order valence-corrected chi connectivity index (χ2v) is 11.3. The van der Waals surface area contributed by atoms with E-state index in [1.54, 1.807) is 6.07 Å². The quantitative estimate of drug-likeness (QED) is 0.116. The van der Waals surface area contributed by atoms with Crippen LogP contribution in [0.4, 0.5) is 13.2 Å². The average Bonchev–Trinajstić information content (AvgIpc) is 3.53. The Labute approximate surface area is 254 Å². The van der Waals surface area contributed by atoms with E-state index in [-0.39, 0.29) is 35.9 Å². The topological polar surface area (TPSA) is 61.8 Å². The number of nitrogens with zero attached hydrogens (tertiary/aromatic N) is 2. The van der Waals surface area contributed by atoms with Crippen LogP contribution < -0.4 is 5.32 Å². The van der Waals surface area contributed by atoms with E-state index in [2.05, 4.69) is 42.5 Å². The third kappa shape index (κ3) is 10.2. The third-order valence-corrected chi connectivity index (χ3v) is 8.18. The number of rotatable bonds is 12. The first kappa shape index (κ1) is 33.8. The molecule has 0 spiro atoms. The van der Waals surface area contributed by atoms with Gasteiger partial charge in [0.1, 0.15) is 5.70 Å². The Hall–Kier alpha value is -3.68. The van der Waals surface area contributed by atoms with Gasteiger partial charge in [0.2, 0.25) is 5.91 Å². The fourth-order valence-electron chi connectivity index (χ4n) is 5.76. The van der Waals surface area contributed by atoms with E-state index in [0.29, 0.717) is 25.1 Å². The number of likely N-dealkylation sites (tertiary alicyclic amines) is 1. The minimum absolute atomic E-state index is 0.0357. The van der Waals surface area contributed by atoms with Crippen LogP contribution in [-0.2, 0) is 22.2 Å². The summed E-state index contributed by atoms with van der Waals surface area (Å²) in [5, 5.41) is 3.08. The predicted molar refractivity (Wildman–Crippen MR) is 167 cm³/mol. The van der Waals surface area contributed by atoms with Crippen molar-refractivity contribution in [3.05, 3.63) is 95.8 Å². The Balaban J connectivity index is 1.74. The maximum Gasteiger partial charge on any atom is 0.416 e. The largest absolute Gasteiger partial charge is 0.416 e. The Morgan fingerprint density at radius 3 is 2.56 bits per heavy atom. The molecule has 5 nitrogen and oxygen atoms in total. The number of hydrogen-bond donors (Lipinski definition) is 1. The summed E-state index contributed by atoms with van der Waals surface area (Å²) in [5.74, 6) is -0.133. The van der Waals surface area contributed by atoms with Crippen molar-refractivity contribution in [2.24, 2.45) is 16.8 Å². The molecule has 1 saturated carbocycles.